The minimum atomic E-state index is 0.0195. The fourth-order valence-corrected chi connectivity index (χ4v) is 4.47. The number of rotatable bonds is 5. The van der Waals surface area contributed by atoms with Crippen molar-refractivity contribution in [2.45, 2.75) is 19.3 Å². The summed E-state index contributed by atoms with van der Waals surface area (Å²) in [6, 6.07) is 17.5. The van der Waals surface area contributed by atoms with E-state index in [0.717, 1.165) is 35.3 Å². The Morgan fingerprint density at radius 1 is 1.03 bits per heavy atom. The minimum Gasteiger partial charge on any atom is -0.497 e. The van der Waals surface area contributed by atoms with Crippen molar-refractivity contribution >= 4 is 34.6 Å². The molecule has 0 radical (unpaired) electrons. The lowest BCUT2D eigenvalue weighted by Gasteiger charge is -2.30. The van der Waals surface area contributed by atoms with Gasteiger partial charge in [-0.15, -0.1) is 0 Å². The number of likely N-dealkylation sites (tertiary alicyclic amines) is 1. The maximum Gasteiger partial charge on any atom is 0.267 e. The first-order valence-electron chi connectivity index (χ1n) is 9.94. The van der Waals surface area contributed by atoms with E-state index in [-0.39, 0.29) is 5.91 Å². The fraction of sp³-hybridized carbons (Fsp3) is 0.304. The maximum atomic E-state index is 13.2. The van der Waals surface area contributed by atoms with E-state index in [9.17, 15) is 4.79 Å². The highest BCUT2D eigenvalue weighted by Crippen LogP contribution is 2.34. The van der Waals surface area contributed by atoms with Gasteiger partial charge in [0.2, 0.25) is 0 Å². The van der Waals surface area contributed by atoms with Crippen molar-refractivity contribution in [1.29, 1.82) is 0 Å². The first kappa shape index (κ1) is 19.7. The summed E-state index contributed by atoms with van der Waals surface area (Å²) in [5.74, 6) is 0.821. The predicted octanol–water partition coefficient (Wildman–Crippen LogP) is 4.74. The number of carbonyl (C=O) groups is 1. The van der Waals surface area contributed by atoms with Gasteiger partial charge in [0.05, 0.1) is 24.4 Å². The number of thioether (sulfide) groups is 1. The summed E-state index contributed by atoms with van der Waals surface area (Å²) < 4.78 is 5.22. The van der Waals surface area contributed by atoms with Gasteiger partial charge in [-0.05, 0) is 73.6 Å². The van der Waals surface area contributed by atoms with Crippen molar-refractivity contribution in [3.05, 3.63) is 65.1 Å². The zero-order chi connectivity index (χ0) is 20.1. The zero-order valence-corrected chi connectivity index (χ0v) is 17.4. The van der Waals surface area contributed by atoms with E-state index in [1.807, 2.05) is 65.6 Å². The quantitative estimate of drug-likeness (QED) is 0.672. The van der Waals surface area contributed by atoms with Gasteiger partial charge < -0.3 is 4.74 Å². The van der Waals surface area contributed by atoms with Gasteiger partial charge in [0.25, 0.3) is 5.91 Å². The predicted molar refractivity (Wildman–Crippen MR) is 119 cm³/mol. The van der Waals surface area contributed by atoms with E-state index in [4.69, 9.17) is 9.73 Å². The topological polar surface area (TPSA) is 45.1 Å². The second kappa shape index (κ2) is 9.29. The Kier molecular flexibility index (Phi) is 6.32. The molecule has 0 saturated carbocycles. The second-order valence-corrected chi connectivity index (χ2v) is 8.18. The van der Waals surface area contributed by atoms with E-state index < -0.39 is 0 Å². The smallest absolute Gasteiger partial charge is 0.267 e. The normalized spacial score (nSPS) is 20.6. The minimum absolute atomic E-state index is 0.0195. The number of nitrogens with zero attached hydrogens (tertiary/aromatic N) is 3. The molecule has 2 aromatic carbocycles. The summed E-state index contributed by atoms with van der Waals surface area (Å²) >= 11 is 1.44. The van der Waals surface area contributed by atoms with Crippen molar-refractivity contribution in [3.63, 3.8) is 0 Å². The van der Waals surface area contributed by atoms with Crippen molar-refractivity contribution < 1.29 is 9.53 Å². The van der Waals surface area contributed by atoms with Crippen LogP contribution in [-0.4, -0.2) is 47.7 Å². The third-order valence-electron chi connectivity index (χ3n) is 5.07. The summed E-state index contributed by atoms with van der Waals surface area (Å²) in [5.41, 5.74) is 1.83. The van der Waals surface area contributed by atoms with Crippen molar-refractivity contribution in [3.8, 4) is 5.75 Å². The highest BCUT2D eigenvalue weighted by atomic mass is 32.2. The van der Waals surface area contributed by atoms with Gasteiger partial charge in [0.15, 0.2) is 5.17 Å². The molecule has 0 spiro atoms. The van der Waals surface area contributed by atoms with Crippen LogP contribution in [0.25, 0.3) is 6.08 Å². The number of amidine groups is 1. The molecule has 2 aliphatic heterocycles. The molecule has 0 aromatic heterocycles. The van der Waals surface area contributed by atoms with E-state index in [1.165, 1.54) is 31.0 Å². The lowest BCUT2D eigenvalue weighted by Crippen LogP contribution is -2.43. The molecule has 0 aliphatic carbocycles. The van der Waals surface area contributed by atoms with Crippen LogP contribution < -0.4 is 4.74 Å². The van der Waals surface area contributed by atoms with Crippen molar-refractivity contribution in [1.82, 2.24) is 9.80 Å². The molecule has 4 rings (SSSR count). The van der Waals surface area contributed by atoms with Crippen LogP contribution in [0, 0.1) is 0 Å². The molecule has 6 heteroatoms. The average molecular weight is 408 g/mol. The Morgan fingerprint density at radius 3 is 2.45 bits per heavy atom. The van der Waals surface area contributed by atoms with Crippen molar-refractivity contribution in [2.24, 2.45) is 4.99 Å². The molecule has 2 saturated heterocycles. The third kappa shape index (κ3) is 4.89. The van der Waals surface area contributed by atoms with Crippen LogP contribution in [-0.2, 0) is 4.79 Å². The van der Waals surface area contributed by atoms with Gasteiger partial charge in [-0.3, -0.25) is 14.6 Å². The number of amides is 1. The van der Waals surface area contributed by atoms with Gasteiger partial charge >= 0.3 is 0 Å². The number of para-hydroxylation sites is 1. The average Bonchev–Trinajstić information content (AvgIpc) is 3.04. The fourth-order valence-electron chi connectivity index (χ4n) is 3.48. The van der Waals surface area contributed by atoms with Gasteiger partial charge in [-0.25, -0.2) is 4.99 Å². The molecule has 0 atom stereocenters. The third-order valence-corrected chi connectivity index (χ3v) is 6.08. The summed E-state index contributed by atoms with van der Waals surface area (Å²) in [6.45, 7) is 2.66. The molecule has 2 aromatic rings. The standard InChI is InChI=1S/C23H25N3O2S/c1-28-20-12-10-18(11-13-20)16-21-22(27)26(17-25-14-6-3-7-15-25)23(29-21)24-19-8-4-2-5-9-19/h2,4-5,8-13,16H,3,6-7,14-15,17H2,1H3/b21-16+,24-23?. The van der Waals surface area contributed by atoms with Gasteiger partial charge in [-0.1, -0.05) is 36.8 Å². The van der Waals surface area contributed by atoms with Crippen LogP contribution >= 0.6 is 11.8 Å². The van der Waals surface area contributed by atoms with E-state index in [1.54, 1.807) is 7.11 Å². The molecule has 5 nitrogen and oxygen atoms in total. The molecular formula is C23H25N3O2S. The number of ether oxygens (including phenoxy) is 1. The summed E-state index contributed by atoms with van der Waals surface area (Å²) in [7, 11) is 1.65. The van der Waals surface area contributed by atoms with Gasteiger partial charge in [0.1, 0.15) is 5.75 Å². The van der Waals surface area contributed by atoms with Crippen molar-refractivity contribution in [2.75, 3.05) is 26.9 Å². The molecule has 150 valence electrons. The number of methoxy groups -OCH3 is 1. The number of hydrogen-bond donors (Lipinski definition) is 0. The van der Waals surface area contributed by atoms with Crippen LogP contribution in [0.2, 0.25) is 0 Å². The molecule has 2 aliphatic rings. The molecule has 0 unspecified atom stereocenters. The summed E-state index contributed by atoms with van der Waals surface area (Å²) in [6.07, 6.45) is 5.58. The van der Waals surface area contributed by atoms with Gasteiger partial charge in [-0.2, -0.15) is 0 Å². The Labute approximate surface area is 176 Å². The molecule has 2 fully saturated rings. The summed E-state index contributed by atoms with van der Waals surface area (Å²) in [4.78, 5) is 22.8. The lowest BCUT2D eigenvalue weighted by molar-refractivity contribution is -0.123. The number of carbonyl (C=O) groups excluding carboxylic acids is 1. The van der Waals surface area contributed by atoms with Crippen LogP contribution in [0.3, 0.4) is 0 Å². The Balaban J connectivity index is 1.61. The van der Waals surface area contributed by atoms with Gasteiger partial charge in [0, 0.05) is 0 Å². The first-order valence-corrected chi connectivity index (χ1v) is 10.8. The molecule has 0 bridgehead atoms. The Hall–Kier alpha value is -2.57. The van der Waals surface area contributed by atoms with Crippen LogP contribution in [0.4, 0.5) is 5.69 Å². The largest absolute Gasteiger partial charge is 0.497 e. The van der Waals surface area contributed by atoms with E-state index >= 15 is 0 Å². The molecule has 1 amide bonds. The van der Waals surface area contributed by atoms with Crippen LogP contribution in [0.15, 0.2) is 64.5 Å². The highest BCUT2D eigenvalue weighted by Gasteiger charge is 2.34. The monoisotopic (exact) mass is 407 g/mol. The summed E-state index contributed by atoms with van der Waals surface area (Å²) in [5, 5.41) is 0.742. The molecule has 2 heterocycles. The molecule has 0 N–H and O–H groups in total. The number of piperidine rings is 1. The van der Waals surface area contributed by atoms with E-state index in [2.05, 4.69) is 4.90 Å². The van der Waals surface area contributed by atoms with E-state index in [0.29, 0.717) is 11.6 Å². The second-order valence-electron chi connectivity index (χ2n) is 7.17. The van der Waals surface area contributed by atoms with Crippen LogP contribution in [0.1, 0.15) is 24.8 Å². The molecule has 29 heavy (non-hydrogen) atoms. The zero-order valence-electron chi connectivity index (χ0n) is 16.6. The number of benzene rings is 2. The SMILES string of the molecule is COc1ccc(/C=C2/SC(=Nc3ccccc3)N(CN3CCCCC3)C2=O)cc1. The van der Waals surface area contributed by atoms with Crippen LogP contribution in [0.5, 0.6) is 5.75 Å². The lowest BCUT2D eigenvalue weighted by atomic mass is 10.1. The Bertz CT molecular complexity index is 903. The first-order chi connectivity index (χ1) is 14.2. The Morgan fingerprint density at radius 2 is 1.76 bits per heavy atom. The maximum absolute atomic E-state index is 13.2. The number of aliphatic imine (C=N–C) groups is 1. The molecular weight excluding hydrogens is 382 g/mol. The number of hydrogen-bond acceptors (Lipinski definition) is 5. The highest BCUT2D eigenvalue weighted by molar-refractivity contribution is 8.18.